The topological polar surface area (TPSA) is 46.5 Å². The lowest BCUT2D eigenvalue weighted by Gasteiger charge is -2.19. The number of ether oxygens (including phenoxy) is 1. The van der Waals surface area contributed by atoms with Gasteiger partial charge in [0.15, 0.2) is 0 Å². The molecule has 0 aromatic rings. The van der Waals surface area contributed by atoms with Crippen molar-refractivity contribution in [2.75, 3.05) is 0 Å². The van der Waals surface area contributed by atoms with Crippen molar-refractivity contribution in [1.82, 2.24) is 0 Å². The monoisotopic (exact) mass is 202 g/mol. The van der Waals surface area contributed by atoms with Gasteiger partial charge in [0.05, 0.1) is 5.41 Å². The maximum atomic E-state index is 11.3. The minimum absolute atomic E-state index is 0.346. The normalized spacial score (nSPS) is 13.8. The number of rotatable bonds is 5. The molecule has 0 fully saturated rings. The Hall–Kier alpha value is -0.570. The molecule has 1 atom stereocenters. The first-order valence-corrected chi connectivity index (χ1v) is 5.27. The molecule has 0 heterocycles. The van der Waals surface area contributed by atoms with E-state index in [2.05, 4.69) is 6.92 Å². The summed E-state index contributed by atoms with van der Waals surface area (Å²) >= 11 is 0. The molecule has 1 N–H and O–H groups in total. The maximum Gasteiger partial charge on any atom is 0.313 e. The molecule has 0 aliphatic heterocycles. The highest BCUT2D eigenvalue weighted by Crippen LogP contribution is 2.17. The van der Waals surface area contributed by atoms with E-state index < -0.39 is 11.7 Å². The molecule has 0 saturated carbocycles. The third-order valence-electron chi connectivity index (χ3n) is 1.91. The summed E-state index contributed by atoms with van der Waals surface area (Å²) in [7, 11) is 0. The minimum atomic E-state index is -0.937. The van der Waals surface area contributed by atoms with Gasteiger partial charge in [0.1, 0.15) is 0 Å². The lowest BCUT2D eigenvalue weighted by Crippen LogP contribution is -2.28. The van der Waals surface area contributed by atoms with Gasteiger partial charge >= 0.3 is 5.97 Å². The van der Waals surface area contributed by atoms with Gasteiger partial charge in [-0.3, -0.25) is 4.79 Å². The maximum absolute atomic E-state index is 11.3. The summed E-state index contributed by atoms with van der Waals surface area (Å²) in [4.78, 5) is 11.3. The van der Waals surface area contributed by atoms with Gasteiger partial charge in [0, 0.05) is 6.42 Å². The third-order valence-corrected chi connectivity index (χ3v) is 1.91. The van der Waals surface area contributed by atoms with Crippen LogP contribution in [-0.4, -0.2) is 17.4 Å². The molecule has 0 aromatic heterocycles. The Morgan fingerprint density at radius 2 is 1.93 bits per heavy atom. The number of unbranched alkanes of at least 4 members (excludes halogenated alkanes) is 2. The molecule has 0 aromatic carbocycles. The van der Waals surface area contributed by atoms with Gasteiger partial charge in [-0.25, -0.2) is 0 Å². The van der Waals surface area contributed by atoms with Crippen LogP contribution in [0, 0.1) is 5.41 Å². The SMILES string of the molecule is CCCCCC(O)OC(=O)C(C)(C)C. The van der Waals surface area contributed by atoms with Gasteiger partial charge < -0.3 is 9.84 Å². The first-order valence-electron chi connectivity index (χ1n) is 5.27. The van der Waals surface area contributed by atoms with Crippen molar-refractivity contribution < 1.29 is 14.6 Å². The Morgan fingerprint density at radius 1 is 1.36 bits per heavy atom. The Kier molecular flexibility index (Phi) is 5.77. The number of carbonyl (C=O) groups is 1. The minimum Gasteiger partial charge on any atom is -0.436 e. The molecule has 14 heavy (non-hydrogen) atoms. The summed E-state index contributed by atoms with van der Waals surface area (Å²) in [5.41, 5.74) is -0.536. The molecular formula is C11H22O3. The summed E-state index contributed by atoms with van der Waals surface area (Å²) in [6, 6.07) is 0. The van der Waals surface area contributed by atoms with E-state index >= 15 is 0 Å². The van der Waals surface area contributed by atoms with Crippen molar-refractivity contribution in [3.05, 3.63) is 0 Å². The molecule has 0 saturated heterocycles. The van der Waals surface area contributed by atoms with Crippen molar-refractivity contribution >= 4 is 5.97 Å². The number of aliphatic hydroxyl groups excluding tert-OH is 1. The largest absolute Gasteiger partial charge is 0.436 e. The Morgan fingerprint density at radius 3 is 2.36 bits per heavy atom. The number of esters is 1. The van der Waals surface area contributed by atoms with Crippen molar-refractivity contribution in [3.8, 4) is 0 Å². The van der Waals surface area contributed by atoms with Crippen LogP contribution in [-0.2, 0) is 9.53 Å². The first kappa shape index (κ1) is 13.4. The van der Waals surface area contributed by atoms with Crippen LogP contribution in [0.25, 0.3) is 0 Å². The van der Waals surface area contributed by atoms with Crippen LogP contribution in [0.2, 0.25) is 0 Å². The highest BCUT2D eigenvalue weighted by atomic mass is 16.6. The van der Waals surface area contributed by atoms with Crippen LogP contribution >= 0.6 is 0 Å². The molecular weight excluding hydrogens is 180 g/mol. The van der Waals surface area contributed by atoms with E-state index in [4.69, 9.17) is 4.74 Å². The molecule has 84 valence electrons. The van der Waals surface area contributed by atoms with Crippen molar-refractivity contribution in [2.24, 2.45) is 5.41 Å². The lowest BCUT2D eigenvalue weighted by molar-refractivity contribution is -0.178. The zero-order valence-electron chi connectivity index (χ0n) is 9.67. The summed E-state index contributed by atoms with van der Waals surface area (Å²) in [5, 5.41) is 9.37. The van der Waals surface area contributed by atoms with Crippen molar-refractivity contribution in [1.29, 1.82) is 0 Å². The molecule has 0 aliphatic carbocycles. The van der Waals surface area contributed by atoms with Crippen LogP contribution < -0.4 is 0 Å². The number of hydrogen-bond donors (Lipinski definition) is 1. The second-order valence-electron chi connectivity index (χ2n) is 4.61. The quantitative estimate of drug-likeness (QED) is 0.423. The summed E-state index contributed by atoms with van der Waals surface area (Å²) < 4.78 is 4.88. The predicted molar refractivity (Wildman–Crippen MR) is 55.7 cm³/mol. The fourth-order valence-electron chi connectivity index (χ4n) is 0.928. The van der Waals surface area contributed by atoms with Crippen molar-refractivity contribution in [3.63, 3.8) is 0 Å². The van der Waals surface area contributed by atoms with E-state index in [1.165, 1.54) is 0 Å². The van der Waals surface area contributed by atoms with E-state index in [1.807, 2.05) is 0 Å². The van der Waals surface area contributed by atoms with E-state index in [-0.39, 0.29) is 5.97 Å². The van der Waals surface area contributed by atoms with Crippen LogP contribution in [0.5, 0.6) is 0 Å². The molecule has 0 aliphatic rings. The number of carbonyl (C=O) groups excluding carboxylic acids is 1. The van der Waals surface area contributed by atoms with Crippen LogP contribution in [0.3, 0.4) is 0 Å². The number of hydrogen-bond acceptors (Lipinski definition) is 3. The van der Waals surface area contributed by atoms with Gasteiger partial charge in [0.2, 0.25) is 6.29 Å². The van der Waals surface area contributed by atoms with Gasteiger partial charge in [-0.05, 0) is 27.2 Å². The predicted octanol–water partition coefficient (Wildman–Crippen LogP) is 2.47. The molecule has 0 radical (unpaired) electrons. The molecule has 0 amide bonds. The third kappa shape index (κ3) is 5.97. The van der Waals surface area contributed by atoms with Gasteiger partial charge in [-0.15, -0.1) is 0 Å². The molecule has 0 bridgehead atoms. The van der Waals surface area contributed by atoms with E-state index in [1.54, 1.807) is 20.8 Å². The van der Waals surface area contributed by atoms with Gasteiger partial charge in [0.25, 0.3) is 0 Å². The lowest BCUT2D eigenvalue weighted by atomic mass is 9.97. The zero-order chi connectivity index (χ0) is 11.2. The average molecular weight is 202 g/mol. The number of aliphatic hydroxyl groups is 1. The zero-order valence-corrected chi connectivity index (χ0v) is 9.67. The average Bonchev–Trinajstić information content (AvgIpc) is 2.03. The van der Waals surface area contributed by atoms with Crippen LogP contribution in [0.1, 0.15) is 53.4 Å². The second kappa shape index (κ2) is 6.02. The fraction of sp³-hybridized carbons (Fsp3) is 0.909. The molecule has 3 nitrogen and oxygen atoms in total. The Labute approximate surface area is 86.5 Å². The Bertz CT molecular complexity index is 170. The van der Waals surface area contributed by atoms with Crippen LogP contribution in [0.15, 0.2) is 0 Å². The second-order valence-corrected chi connectivity index (χ2v) is 4.61. The smallest absolute Gasteiger partial charge is 0.313 e. The van der Waals surface area contributed by atoms with Crippen molar-refractivity contribution in [2.45, 2.75) is 59.7 Å². The Balaban J connectivity index is 3.72. The summed E-state index contributed by atoms with van der Waals surface area (Å²) in [6.45, 7) is 7.41. The molecule has 0 spiro atoms. The highest BCUT2D eigenvalue weighted by Gasteiger charge is 2.25. The van der Waals surface area contributed by atoms with Gasteiger partial charge in [-0.1, -0.05) is 19.8 Å². The summed E-state index contributed by atoms with van der Waals surface area (Å²) in [5.74, 6) is -0.346. The summed E-state index contributed by atoms with van der Waals surface area (Å²) in [6.07, 6.45) is 2.66. The fourth-order valence-corrected chi connectivity index (χ4v) is 0.928. The van der Waals surface area contributed by atoms with E-state index in [0.717, 1.165) is 19.3 Å². The molecule has 3 heteroatoms. The van der Waals surface area contributed by atoms with Gasteiger partial charge in [-0.2, -0.15) is 0 Å². The molecule has 0 rings (SSSR count). The molecule has 1 unspecified atom stereocenters. The van der Waals surface area contributed by atoms with E-state index in [9.17, 15) is 9.90 Å². The van der Waals surface area contributed by atoms with Crippen LogP contribution in [0.4, 0.5) is 0 Å². The first-order chi connectivity index (χ1) is 6.38. The highest BCUT2D eigenvalue weighted by molar-refractivity contribution is 5.75. The van der Waals surface area contributed by atoms with E-state index in [0.29, 0.717) is 6.42 Å². The standard InChI is InChI=1S/C11H22O3/c1-5-6-7-8-9(12)14-10(13)11(2,3)4/h9,12H,5-8H2,1-4H3.